The fourth-order valence-electron chi connectivity index (χ4n) is 1.94. The summed E-state index contributed by atoms with van der Waals surface area (Å²) in [4.78, 5) is 0. The van der Waals surface area contributed by atoms with E-state index in [2.05, 4.69) is 13.8 Å². The molecule has 18 heavy (non-hydrogen) atoms. The first kappa shape index (κ1) is 17.6. The molecule has 1 atom stereocenters. The SMILES string of the molecule is CCOc1cc(C)c(CC(N)CC)c(C)c1Cl.Cl. The average molecular weight is 292 g/mol. The number of aryl methyl sites for hydroxylation is 1. The molecule has 0 saturated heterocycles. The third-order valence-electron chi connectivity index (χ3n) is 3.11. The highest BCUT2D eigenvalue weighted by atomic mass is 35.5. The van der Waals surface area contributed by atoms with Crippen molar-refractivity contribution in [1.29, 1.82) is 0 Å². The van der Waals surface area contributed by atoms with Gasteiger partial charge in [0.1, 0.15) is 5.75 Å². The largest absolute Gasteiger partial charge is 0.492 e. The van der Waals surface area contributed by atoms with Crippen molar-refractivity contribution in [2.45, 2.75) is 46.6 Å². The van der Waals surface area contributed by atoms with Crippen molar-refractivity contribution < 1.29 is 4.74 Å². The second-order valence-electron chi connectivity index (χ2n) is 4.41. The Hall–Kier alpha value is -0.440. The van der Waals surface area contributed by atoms with Gasteiger partial charge in [-0.25, -0.2) is 0 Å². The molecule has 2 N–H and O–H groups in total. The summed E-state index contributed by atoms with van der Waals surface area (Å²) in [6.45, 7) is 8.82. The monoisotopic (exact) mass is 291 g/mol. The fourth-order valence-corrected chi connectivity index (χ4v) is 2.16. The van der Waals surface area contributed by atoms with Crippen LogP contribution in [0.3, 0.4) is 0 Å². The lowest BCUT2D eigenvalue weighted by Crippen LogP contribution is -2.22. The Balaban J connectivity index is 0.00000289. The second kappa shape index (κ2) is 7.88. The summed E-state index contributed by atoms with van der Waals surface area (Å²) in [5, 5.41) is 0.718. The number of halogens is 2. The van der Waals surface area contributed by atoms with Gasteiger partial charge in [-0.2, -0.15) is 0 Å². The van der Waals surface area contributed by atoms with Gasteiger partial charge in [0.05, 0.1) is 11.6 Å². The van der Waals surface area contributed by atoms with E-state index in [9.17, 15) is 0 Å². The molecule has 0 aliphatic rings. The predicted octanol–water partition coefficient (Wildman–Crippen LogP) is 4.06. The first-order valence-corrected chi connectivity index (χ1v) is 6.55. The van der Waals surface area contributed by atoms with Gasteiger partial charge < -0.3 is 10.5 Å². The van der Waals surface area contributed by atoms with E-state index in [1.807, 2.05) is 19.9 Å². The van der Waals surface area contributed by atoms with E-state index in [0.717, 1.165) is 29.2 Å². The molecule has 0 aliphatic carbocycles. The van der Waals surface area contributed by atoms with Crippen LogP contribution in [-0.2, 0) is 6.42 Å². The second-order valence-corrected chi connectivity index (χ2v) is 4.79. The van der Waals surface area contributed by atoms with E-state index in [1.54, 1.807) is 0 Å². The molecule has 0 aliphatic heterocycles. The van der Waals surface area contributed by atoms with Crippen LogP contribution < -0.4 is 10.5 Å². The van der Waals surface area contributed by atoms with Gasteiger partial charge in [0, 0.05) is 6.04 Å². The lowest BCUT2D eigenvalue weighted by Gasteiger charge is -2.18. The zero-order valence-electron chi connectivity index (χ0n) is 11.5. The van der Waals surface area contributed by atoms with Crippen molar-refractivity contribution in [3.63, 3.8) is 0 Å². The smallest absolute Gasteiger partial charge is 0.138 e. The van der Waals surface area contributed by atoms with Gasteiger partial charge in [0.15, 0.2) is 0 Å². The molecule has 0 bridgehead atoms. The summed E-state index contributed by atoms with van der Waals surface area (Å²) in [5.41, 5.74) is 9.58. The molecule has 0 aromatic heterocycles. The van der Waals surface area contributed by atoms with Crippen LogP contribution in [0, 0.1) is 13.8 Å². The average Bonchev–Trinajstić information content (AvgIpc) is 2.31. The molecule has 0 radical (unpaired) electrons. The molecule has 1 aromatic rings. The Morgan fingerprint density at radius 2 is 1.94 bits per heavy atom. The molecule has 1 aromatic carbocycles. The van der Waals surface area contributed by atoms with Crippen LogP contribution in [0.4, 0.5) is 0 Å². The van der Waals surface area contributed by atoms with Gasteiger partial charge >= 0.3 is 0 Å². The third-order valence-corrected chi connectivity index (χ3v) is 3.58. The molecule has 4 heteroatoms. The van der Waals surface area contributed by atoms with Crippen molar-refractivity contribution >= 4 is 24.0 Å². The maximum atomic E-state index is 6.31. The fraction of sp³-hybridized carbons (Fsp3) is 0.571. The molecule has 0 heterocycles. The zero-order valence-corrected chi connectivity index (χ0v) is 13.1. The van der Waals surface area contributed by atoms with Gasteiger partial charge in [-0.05, 0) is 56.4 Å². The van der Waals surface area contributed by atoms with E-state index >= 15 is 0 Å². The number of ether oxygens (including phenoxy) is 1. The summed E-state index contributed by atoms with van der Waals surface area (Å²) in [6, 6.07) is 2.21. The normalized spacial score (nSPS) is 11.9. The summed E-state index contributed by atoms with van der Waals surface area (Å²) in [6.07, 6.45) is 1.85. The lowest BCUT2D eigenvalue weighted by atomic mass is 9.95. The third kappa shape index (κ3) is 4.04. The lowest BCUT2D eigenvalue weighted by molar-refractivity contribution is 0.340. The maximum absolute atomic E-state index is 6.31. The summed E-state index contributed by atoms with van der Waals surface area (Å²) < 4.78 is 5.52. The van der Waals surface area contributed by atoms with Gasteiger partial charge in [-0.3, -0.25) is 0 Å². The van der Waals surface area contributed by atoms with E-state index in [4.69, 9.17) is 22.1 Å². The number of hydrogen-bond donors (Lipinski definition) is 1. The van der Waals surface area contributed by atoms with E-state index in [-0.39, 0.29) is 18.4 Å². The highest BCUT2D eigenvalue weighted by Gasteiger charge is 2.14. The van der Waals surface area contributed by atoms with Crippen molar-refractivity contribution in [2.75, 3.05) is 6.61 Å². The minimum absolute atomic E-state index is 0. The van der Waals surface area contributed by atoms with Gasteiger partial charge in [0.2, 0.25) is 0 Å². The molecule has 0 amide bonds. The van der Waals surface area contributed by atoms with Crippen LogP contribution in [0.1, 0.15) is 37.0 Å². The van der Waals surface area contributed by atoms with Crippen molar-refractivity contribution in [3.05, 3.63) is 27.8 Å². The van der Waals surface area contributed by atoms with Crippen molar-refractivity contribution in [3.8, 4) is 5.75 Å². The first-order chi connectivity index (χ1) is 8.01. The van der Waals surface area contributed by atoms with E-state index < -0.39 is 0 Å². The number of hydrogen-bond acceptors (Lipinski definition) is 2. The first-order valence-electron chi connectivity index (χ1n) is 6.18. The predicted molar refractivity (Wildman–Crippen MR) is 81.3 cm³/mol. The van der Waals surface area contributed by atoms with Crippen LogP contribution in [0.5, 0.6) is 5.75 Å². The number of rotatable bonds is 5. The Morgan fingerprint density at radius 1 is 1.33 bits per heavy atom. The summed E-state index contributed by atoms with van der Waals surface area (Å²) in [5.74, 6) is 0.776. The molecule has 0 spiro atoms. The topological polar surface area (TPSA) is 35.2 Å². The maximum Gasteiger partial charge on any atom is 0.138 e. The number of nitrogens with two attached hydrogens (primary N) is 1. The van der Waals surface area contributed by atoms with E-state index in [1.165, 1.54) is 11.1 Å². The highest BCUT2D eigenvalue weighted by molar-refractivity contribution is 6.33. The number of benzene rings is 1. The zero-order chi connectivity index (χ0) is 13.0. The Bertz CT molecular complexity index is 394. The van der Waals surface area contributed by atoms with Crippen LogP contribution in [0.15, 0.2) is 6.07 Å². The molecular weight excluding hydrogens is 269 g/mol. The Labute approximate surface area is 121 Å². The summed E-state index contributed by atoms with van der Waals surface area (Å²) >= 11 is 6.31. The van der Waals surface area contributed by atoms with Gasteiger partial charge in [-0.15, -0.1) is 12.4 Å². The molecular formula is C14H23Cl2NO. The van der Waals surface area contributed by atoms with Crippen molar-refractivity contribution in [1.82, 2.24) is 0 Å². The van der Waals surface area contributed by atoms with Gasteiger partial charge in [0.25, 0.3) is 0 Å². The van der Waals surface area contributed by atoms with Gasteiger partial charge in [-0.1, -0.05) is 18.5 Å². The van der Waals surface area contributed by atoms with Crippen molar-refractivity contribution in [2.24, 2.45) is 5.73 Å². The Kier molecular flexibility index (Phi) is 7.69. The van der Waals surface area contributed by atoms with Crippen LogP contribution in [-0.4, -0.2) is 12.6 Å². The molecule has 0 fully saturated rings. The molecule has 104 valence electrons. The Morgan fingerprint density at radius 3 is 2.44 bits per heavy atom. The minimum atomic E-state index is 0. The standard InChI is InChI=1S/C14H22ClNO.ClH/c1-5-11(16)8-12-9(3)7-13(17-6-2)14(15)10(12)4;/h7,11H,5-6,8,16H2,1-4H3;1H. The van der Waals surface area contributed by atoms with Crippen LogP contribution >= 0.6 is 24.0 Å². The highest BCUT2D eigenvalue weighted by Crippen LogP contribution is 2.33. The van der Waals surface area contributed by atoms with Crippen LogP contribution in [0.2, 0.25) is 5.02 Å². The summed E-state index contributed by atoms with van der Waals surface area (Å²) in [7, 11) is 0. The van der Waals surface area contributed by atoms with E-state index in [0.29, 0.717) is 6.61 Å². The molecule has 1 rings (SSSR count). The molecule has 0 saturated carbocycles. The quantitative estimate of drug-likeness (QED) is 0.888. The molecule has 2 nitrogen and oxygen atoms in total. The van der Waals surface area contributed by atoms with Crippen LogP contribution in [0.25, 0.3) is 0 Å². The molecule has 1 unspecified atom stereocenters. The minimum Gasteiger partial charge on any atom is -0.492 e.